The fourth-order valence-electron chi connectivity index (χ4n) is 3.13. The first-order valence-electron chi connectivity index (χ1n) is 8.43. The average Bonchev–Trinajstić information content (AvgIpc) is 3.03. The van der Waals surface area contributed by atoms with Gasteiger partial charge in [0.2, 0.25) is 0 Å². The van der Waals surface area contributed by atoms with Crippen LogP contribution in [0.3, 0.4) is 0 Å². The van der Waals surface area contributed by atoms with Crippen molar-refractivity contribution in [3.8, 4) is 0 Å². The molecule has 0 aliphatic rings. The van der Waals surface area contributed by atoms with Crippen LogP contribution in [0.2, 0.25) is 0 Å². The minimum atomic E-state index is -0.423. The fraction of sp³-hybridized carbons (Fsp3) is 0.100. The van der Waals surface area contributed by atoms with Gasteiger partial charge in [-0.2, -0.15) is 4.99 Å². The second-order valence-electron chi connectivity index (χ2n) is 5.98. The van der Waals surface area contributed by atoms with Crippen LogP contribution < -0.4 is 4.80 Å². The number of nitrogens with zero attached hydrogens (tertiary/aromatic N) is 3. The summed E-state index contributed by atoms with van der Waals surface area (Å²) in [7, 11) is 0. The summed E-state index contributed by atoms with van der Waals surface area (Å²) in [6, 6.07) is 17.9. The molecule has 6 nitrogen and oxygen atoms in total. The number of aryl methyl sites for hydroxylation is 1. The molecular weight excluding hydrogens is 362 g/mol. The van der Waals surface area contributed by atoms with Gasteiger partial charge in [0.05, 0.1) is 15.1 Å². The molecule has 4 aromatic rings. The third kappa shape index (κ3) is 3.02. The third-order valence-electron chi connectivity index (χ3n) is 4.41. The Hall–Kier alpha value is -3.32. The van der Waals surface area contributed by atoms with Gasteiger partial charge in [-0.1, -0.05) is 47.7 Å². The number of rotatable bonds is 3. The van der Waals surface area contributed by atoms with Crippen molar-refractivity contribution >= 4 is 43.9 Å². The molecule has 1 amide bonds. The number of carbonyl (C=O) groups is 1. The van der Waals surface area contributed by atoms with Crippen molar-refractivity contribution in [2.24, 2.45) is 4.99 Å². The molecule has 0 atom stereocenters. The van der Waals surface area contributed by atoms with Crippen molar-refractivity contribution in [3.05, 3.63) is 81.1 Å². The van der Waals surface area contributed by atoms with E-state index in [1.165, 1.54) is 23.5 Å². The van der Waals surface area contributed by atoms with Crippen LogP contribution in [0.1, 0.15) is 17.3 Å². The van der Waals surface area contributed by atoms with Gasteiger partial charge >= 0.3 is 0 Å². The molecule has 0 spiro atoms. The van der Waals surface area contributed by atoms with Gasteiger partial charge < -0.3 is 4.57 Å². The first-order valence-corrected chi connectivity index (χ1v) is 9.24. The molecule has 0 radical (unpaired) electrons. The number of thiazole rings is 1. The van der Waals surface area contributed by atoms with Crippen molar-refractivity contribution in [3.63, 3.8) is 0 Å². The highest BCUT2D eigenvalue weighted by Crippen LogP contribution is 2.24. The first kappa shape index (κ1) is 17.1. The summed E-state index contributed by atoms with van der Waals surface area (Å²) in [6.45, 7) is 2.56. The van der Waals surface area contributed by atoms with Gasteiger partial charge in [-0.3, -0.25) is 14.9 Å². The molecule has 0 aliphatic heterocycles. The Morgan fingerprint density at radius 3 is 2.70 bits per heavy atom. The molecule has 0 saturated carbocycles. The number of amides is 1. The lowest BCUT2D eigenvalue weighted by Gasteiger charge is -2.03. The number of nitro benzene ring substituents is 1. The number of hydrogen-bond donors (Lipinski definition) is 0. The topological polar surface area (TPSA) is 77.5 Å². The van der Waals surface area contributed by atoms with Crippen LogP contribution in [-0.4, -0.2) is 15.4 Å². The van der Waals surface area contributed by atoms with E-state index < -0.39 is 4.92 Å². The molecule has 0 aliphatic carbocycles. The van der Waals surface area contributed by atoms with Crippen LogP contribution in [0.15, 0.2) is 65.7 Å². The number of nitro groups is 1. The van der Waals surface area contributed by atoms with Crippen molar-refractivity contribution in [2.45, 2.75) is 13.5 Å². The Balaban J connectivity index is 1.88. The Kier molecular flexibility index (Phi) is 4.29. The van der Waals surface area contributed by atoms with Crippen LogP contribution in [0, 0.1) is 10.1 Å². The lowest BCUT2D eigenvalue weighted by molar-refractivity contribution is -0.384. The van der Waals surface area contributed by atoms with E-state index in [2.05, 4.69) is 4.99 Å². The highest BCUT2D eigenvalue weighted by atomic mass is 32.1. The summed E-state index contributed by atoms with van der Waals surface area (Å²) < 4.78 is 2.63. The van der Waals surface area contributed by atoms with E-state index in [1.54, 1.807) is 12.1 Å². The van der Waals surface area contributed by atoms with E-state index in [-0.39, 0.29) is 11.6 Å². The Labute approximate surface area is 158 Å². The van der Waals surface area contributed by atoms with Crippen LogP contribution >= 0.6 is 11.3 Å². The van der Waals surface area contributed by atoms with Gasteiger partial charge in [-0.05, 0) is 29.8 Å². The van der Waals surface area contributed by atoms with E-state index in [9.17, 15) is 14.9 Å². The molecule has 4 rings (SSSR count). The Morgan fingerprint density at radius 2 is 1.93 bits per heavy atom. The lowest BCUT2D eigenvalue weighted by Crippen LogP contribution is -2.16. The van der Waals surface area contributed by atoms with Crippen LogP contribution in [0.4, 0.5) is 5.69 Å². The van der Waals surface area contributed by atoms with Crippen LogP contribution in [0.5, 0.6) is 0 Å². The largest absolute Gasteiger partial charge is 0.317 e. The van der Waals surface area contributed by atoms with E-state index in [4.69, 9.17) is 0 Å². The zero-order valence-electron chi connectivity index (χ0n) is 14.5. The molecule has 0 bridgehead atoms. The van der Waals surface area contributed by atoms with Gasteiger partial charge in [0.25, 0.3) is 11.6 Å². The number of non-ortho nitro benzene ring substituents is 1. The first-order chi connectivity index (χ1) is 13.1. The summed E-state index contributed by atoms with van der Waals surface area (Å²) in [4.78, 5) is 28.3. The molecule has 134 valence electrons. The highest BCUT2D eigenvalue weighted by Gasteiger charge is 2.13. The maximum Gasteiger partial charge on any atom is 0.280 e. The zero-order valence-corrected chi connectivity index (χ0v) is 15.3. The Morgan fingerprint density at radius 1 is 1.15 bits per heavy atom. The lowest BCUT2D eigenvalue weighted by atomic mass is 10.0. The molecule has 7 heteroatoms. The summed E-state index contributed by atoms with van der Waals surface area (Å²) in [5.41, 5.74) is 1.40. The summed E-state index contributed by atoms with van der Waals surface area (Å²) in [5, 5.41) is 12.9. The second kappa shape index (κ2) is 6.77. The highest BCUT2D eigenvalue weighted by molar-refractivity contribution is 7.16. The van der Waals surface area contributed by atoms with Crippen molar-refractivity contribution in [2.75, 3.05) is 0 Å². The van der Waals surface area contributed by atoms with E-state index in [0.717, 1.165) is 21.0 Å². The van der Waals surface area contributed by atoms with Crippen molar-refractivity contribution in [1.82, 2.24) is 4.57 Å². The van der Waals surface area contributed by atoms with E-state index >= 15 is 0 Å². The molecule has 1 heterocycles. The molecule has 0 N–H and O–H groups in total. The van der Waals surface area contributed by atoms with E-state index in [1.807, 2.05) is 47.9 Å². The quantitative estimate of drug-likeness (QED) is 0.389. The number of carbonyl (C=O) groups excluding carboxylic acids is 1. The SMILES string of the molecule is CCn1c(=NC(=O)c2cccc3ccccc23)sc2cc([N+](=O)[O-])ccc21. The molecule has 0 unspecified atom stereocenters. The van der Waals surface area contributed by atoms with Gasteiger partial charge in [0.1, 0.15) is 0 Å². The Bertz CT molecular complexity index is 1270. The fourth-order valence-corrected chi connectivity index (χ4v) is 4.25. The predicted octanol–water partition coefficient (Wildman–Crippen LogP) is 4.53. The van der Waals surface area contributed by atoms with Gasteiger partial charge in [0, 0.05) is 24.2 Å². The normalized spacial score (nSPS) is 12.0. The molecule has 27 heavy (non-hydrogen) atoms. The number of fused-ring (bicyclic) bond motifs is 2. The van der Waals surface area contributed by atoms with Gasteiger partial charge in [0.15, 0.2) is 4.80 Å². The molecule has 0 fully saturated rings. The maximum absolute atomic E-state index is 12.9. The number of aromatic nitrogens is 1. The minimum absolute atomic E-state index is 0.0268. The summed E-state index contributed by atoms with van der Waals surface area (Å²) in [6.07, 6.45) is 0. The number of benzene rings is 3. The van der Waals surface area contributed by atoms with Gasteiger partial charge in [-0.15, -0.1) is 0 Å². The molecule has 1 aromatic heterocycles. The molecule has 0 saturated heterocycles. The second-order valence-corrected chi connectivity index (χ2v) is 6.99. The zero-order chi connectivity index (χ0) is 19.0. The van der Waals surface area contributed by atoms with Crippen LogP contribution in [-0.2, 0) is 6.54 Å². The molecular formula is C20H15N3O3S. The average molecular weight is 377 g/mol. The minimum Gasteiger partial charge on any atom is -0.317 e. The monoisotopic (exact) mass is 377 g/mol. The predicted molar refractivity (Wildman–Crippen MR) is 106 cm³/mol. The maximum atomic E-state index is 12.9. The third-order valence-corrected chi connectivity index (χ3v) is 5.45. The summed E-state index contributed by atoms with van der Waals surface area (Å²) >= 11 is 1.28. The van der Waals surface area contributed by atoms with Gasteiger partial charge in [-0.25, -0.2) is 0 Å². The standard InChI is InChI=1S/C20H15N3O3S/c1-2-22-17-11-10-14(23(25)26)12-18(17)27-20(22)21-19(24)16-9-5-7-13-6-3-4-8-15(13)16/h3-12H,2H2,1H3. The number of hydrogen-bond acceptors (Lipinski definition) is 4. The molecule has 3 aromatic carbocycles. The smallest absolute Gasteiger partial charge is 0.280 e. The van der Waals surface area contributed by atoms with E-state index in [0.29, 0.717) is 16.9 Å². The summed E-state index contributed by atoms with van der Waals surface area (Å²) in [5.74, 6) is -0.324. The van der Waals surface area contributed by atoms with Crippen molar-refractivity contribution < 1.29 is 9.72 Å². The van der Waals surface area contributed by atoms with Crippen LogP contribution in [0.25, 0.3) is 21.0 Å². The van der Waals surface area contributed by atoms with Crippen molar-refractivity contribution in [1.29, 1.82) is 0 Å².